The number of nitro benzene ring substituents is 1. The van der Waals surface area contributed by atoms with Gasteiger partial charge in [-0.15, -0.1) is 0 Å². The summed E-state index contributed by atoms with van der Waals surface area (Å²) in [4.78, 5) is 22.6. The molecular weight excluding hydrogens is 376 g/mol. The number of benzene rings is 2. The molecular formula is C17H17BrN2O4. The van der Waals surface area contributed by atoms with Gasteiger partial charge in [0.25, 0.3) is 11.6 Å². The number of halogens is 1. The number of hydrogen-bond acceptors (Lipinski definition) is 4. The number of ether oxygens (including phenoxy) is 1. The molecule has 0 saturated heterocycles. The van der Waals surface area contributed by atoms with Gasteiger partial charge in [-0.1, -0.05) is 6.92 Å². The van der Waals surface area contributed by atoms with Crippen LogP contribution in [0.2, 0.25) is 0 Å². The predicted octanol–water partition coefficient (Wildman–Crippen LogP) is 4.71. The number of hydrogen-bond donors (Lipinski definition) is 1. The summed E-state index contributed by atoms with van der Waals surface area (Å²) in [5.74, 6) is 0.384. The summed E-state index contributed by atoms with van der Waals surface area (Å²) in [7, 11) is 0. The van der Waals surface area contributed by atoms with Gasteiger partial charge in [-0.25, -0.2) is 0 Å². The van der Waals surface area contributed by atoms with E-state index >= 15 is 0 Å². The van der Waals surface area contributed by atoms with Gasteiger partial charge in [0.2, 0.25) is 0 Å². The molecule has 0 heterocycles. The van der Waals surface area contributed by atoms with E-state index in [0.717, 1.165) is 6.42 Å². The van der Waals surface area contributed by atoms with Gasteiger partial charge in [0, 0.05) is 23.4 Å². The van der Waals surface area contributed by atoms with Crippen molar-refractivity contribution in [3.8, 4) is 5.75 Å². The molecule has 0 aliphatic heterocycles. The van der Waals surface area contributed by atoms with Crippen LogP contribution < -0.4 is 10.1 Å². The molecule has 24 heavy (non-hydrogen) atoms. The van der Waals surface area contributed by atoms with Gasteiger partial charge >= 0.3 is 0 Å². The van der Waals surface area contributed by atoms with E-state index in [1.165, 1.54) is 18.2 Å². The van der Waals surface area contributed by atoms with Crippen molar-refractivity contribution in [2.45, 2.75) is 20.3 Å². The Morgan fingerprint density at radius 2 is 2.04 bits per heavy atom. The van der Waals surface area contributed by atoms with Crippen molar-refractivity contribution in [2.24, 2.45) is 0 Å². The maximum atomic E-state index is 12.4. The van der Waals surface area contributed by atoms with Crippen LogP contribution >= 0.6 is 15.9 Å². The van der Waals surface area contributed by atoms with Gasteiger partial charge in [-0.3, -0.25) is 14.9 Å². The van der Waals surface area contributed by atoms with Crippen molar-refractivity contribution in [2.75, 3.05) is 11.9 Å². The smallest absolute Gasteiger partial charge is 0.269 e. The zero-order valence-electron chi connectivity index (χ0n) is 13.3. The first kappa shape index (κ1) is 17.9. The maximum absolute atomic E-state index is 12.4. The van der Waals surface area contributed by atoms with Crippen molar-refractivity contribution in [1.82, 2.24) is 0 Å². The molecule has 7 heteroatoms. The fraction of sp³-hybridized carbons (Fsp3) is 0.235. The summed E-state index contributed by atoms with van der Waals surface area (Å²) >= 11 is 3.39. The first-order valence-corrected chi connectivity index (χ1v) is 8.20. The Morgan fingerprint density at radius 3 is 2.62 bits per heavy atom. The zero-order valence-corrected chi connectivity index (χ0v) is 14.9. The average molecular weight is 393 g/mol. The van der Waals surface area contributed by atoms with E-state index < -0.39 is 4.92 Å². The van der Waals surface area contributed by atoms with E-state index in [1.807, 2.05) is 6.92 Å². The van der Waals surface area contributed by atoms with Crippen LogP contribution in [0.1, 0.15) is 29.3 Å². The normalized spacial score (nSPS) is 10.3. The Kier molecular flexibility index (Phi) is 5.92. The van der Waals surface area contributed by atoms with Crippen molar-refractivity contribution >= 4 is 33.2 Å². The highest BCUT2D eigenvalue weighted by Crippen LogP contribution is 2.27. The van der Waals surface area contributed by atoms with Gasteiger partial charge < -0.3 is 10.1 Å². The highest BCUT2D eigenvalue weighted by atomic mass is 79.9. The molecule has 1 amide bonds. The molecule has 2 aromatic rings. The summed E-state index contributed by atoms with van der Waals surface area (Å²) in [5.41, 5.74) is 1.61. The van der Waals surface area contributed by atoms with Crippen molar-refractivity contribution in [3.63, 3.8) is 0 Å². The van der Waals surface area contributed by atoms with E-state index in [2.05, 4.69) is 21.2 Å². The van der Waals surface area contributed by atoms with E-state index in [4.69, 9.17) is 4.74 Å². The molecule has 126 valence electrons. The van der Waals surface area contributed by atoms with Crippen LogP contribution in [0.25, 0.3) is 0 Å². The van der Waals surface area contributed by atoms with Gasteiger partial charge in [0.15, 0.2) is 0 Å². The van der Waals surface area contributed by atoms with Crippen LogP contribution in [0.4, 0.5) is 11.4 Å². The Labute approximate surface area is 148 Å². The molecule has 0 saturated carbocycles. The second-order valence-electron chi connectivity index (χ2n) is 5.20. The number of nitrogens with zero attached hydrogens (tertiary/aromatic N) is 1. The number of carbonyl (C=O) groups excluding carboxylic acids is 1. The molecule has 0 aromatic heterocycles. The molecule has 0 aliphatic carbocycles. The van der Waals surface area contributed by atoms with Gasteiger partial charge in [0.1, 0.15) is 5.75 Å². The van der Waals surface area contributed by atoms with E-state index in [0.29, 0.717) is 33.6 Å². The lowest BCUT2D eigenvalue weighted by Gasteiger charge is -2.11. The molecule has 0 radical (unpaired) electrons. The second kappa shape index (κ2) is 7.92. The Morgan fingerprint density at radius 1 is 1.29 bits per heavy atom. The number of carbonyl (C=O) groups is 1. The fourth-order valence-corrected chi connectivity index (χ4v) is 2.56. The average Bonchev–Trinajstić information content (AvgIpc) is 2.55. The maximum Gasteiger partial charge on any atom is 0.269 e. The van der Waals surface area contributed by atoms with E-state index in [1.54, 1.807) is 25.1 Å². The van der Waals surface area contributed by atoms with Crippen molar-refractivity contribution in [1.29, 1.82) is 0 Å². The van der Waals surface area contributed by atoms with Crippen LogP contribution in [0.3, 0.4) is 0 Å². The largest absolute Gasteiger partial charge is 0.492 e. The number of rotatable bonds is 6. The van der Waals surface area contributed by atoms with Gasteiger partial charge in [-0.2, -0.15) is 0 Å². The van der Waals surface area contributed by atoms with Crippen molar-refractivity contribution < 1.29 is 14.5 Å². The highest BCUT2D eigenvalue weighted by molar-refractivity contribution is 9.10. The molecule has 2 rings (SSSR count). The Balaban J connectivity index is 2.15. The quantitative estimate of drug-likeness (QED) is 0.570. The third-order valence-electron chi connectivity index (χ3n) is 3.32. The third kappa shape index (κ3) is 4.32. The molecule has 0 fully saturated rings. The van der Waals surface area contributed by atoms with Gasteiger partial charge in [0.05, 0.1) is 16.0 Å². The number of anilines is 1. The highest BCUT2D eigenvalue weighted by Gasteiger charge is 2.13. The topological polar surface area (TPSA) is 81.5 Å². The standard InChI is InChI=1S/C17H17BrN2O4/c1-3-8-24-16-7-4-12(10-14(16)18)17(21)19-15-6-5-13(20(22)23)9-11(15)2/h4-7,9-10H,3,8H2,1-2H3,(H,19,21). The number of nitro groups is 1. The second-order valence-corrected chi connectivity index (χ2v) is 6.06. The van der Waals surface area contributed by atoms with Crippen LogP contribution in [0.5, 0.6) is 5.75 Å². The lowest BCUT2D eigenvalue weighted by Crippen LogP contribution is -2.13. The molecule has 0 aliphatic rings. The molecule has 1 N–H and O–H groups in total. The molecule has 0 atom stereocenters. The molecule has 0 spiro atoms. The summed E-state index contributed by atoms with van der Waals surface area (Å²) in [6.07, 6.45) is 0.897. The minimum Gasteiger partial charge on any atom is -0.492 e. The van der Waals surface area contributed by atoms with Crippen LogP contribution in [0, 0.1) is 17.0 Å². The number of nitrogens with one attached hydrogen (secondary N) is 1. The van der Waals surface area contributed by atoms with E-state index in [9.17, 15) is 14.9 Å². The molecule has 6 nitrogen and oxygen atoms in total. The lowest BCUT2D eigenvalue weighted by atomic mass is 10.1. The van der Waals surface area contributed by atoms with Crippen LogP contribution in [0.15, 0.2) is 40.9 Å². The number of amides is 1. The number of non-ortho nitro benzene ring substituents is 1. The van der Waals surface area contributed by atoms with Crippen LogP contribution in [-0.4, -0.2) is 17.4 Å². The minimum atomic E-state index is -0.468. The Hall–Kier alpha value is -2.41. The van der Waals surface area contributed by atoms with Crippen LogP contribution in [-0.2, 0) is 0 Å². The summed E-state index contributed by atoms with van der Waals surface area (Å²) in [6.45, 7) is 4.33. The molecule has 2 aromatic carbocycles. The fourth-order valence-electron chi connectivity index (χ4n) is 2.07. The third-order valence-corrected chi connectivity index (χ3v) is 3.94. The predicted molar refractivity (Wildman–Crippen MR) is 95.7 cm³/mol. The lowest BCUT2D eigenvalue weighted by molar-refractivity contribution is -0.384. The monoisotopic (exact) mass is 392 g/mol. The van der Waals surface area contributed by atoms with E-state index in [-0.39, 0.29) is 11.6 Å². The summed E-state index contributed by atoms with van der Waals surface area (Å²) < 4.78 is 6.25. The zero-order chi connectivity index (χ0) is 17.7. The summed E-state index contributed by atoms with van der Waals surface area (Å²) in [5, 5.41) is 13.5. The first-order valence-electron chi connectivity index (χ1n) is 7.41. The van der Waals surface area contributed by atoms with Gasteiger partial charge in [-0.05, 0) is 59.1 Å². The number of aryl methyl sites for hydroxylation is 1. The minimum absolute atomic E-state index is 0.00864. The molecule has 0 unspecified atom stereocenters. The molecule has 0 bridgehead atoms. The summed E-state index contributed by atoms with van der Waals surface area (Å²) in [6, 6.07) is 9.40. The van der Waals surface area contributed by atoms with Crippen molar-refractivity contribution in [3.05, 3.63) is 62.1 Å². The SMILES string of the molecule is CCCOc1ccc(C(=O)Nc2ccc([N+](=O)[O-])cc2C)cc1Br. The Bertz CT molecular complexity index is 777. The first-order chi connectivity index (χ1) is 11.4.